The second kappa shape index (κ2) is 14.9. The third-order valence-corrected chi connectivity index (χ3v) is 6.12. The van der Waals surface area contributed by atoms with Crippen molar-refractivity contribution in [1.29, 1.82) is 0 Å². The van der Waals surface area contributed by atoms with Crippen LogP contribution in [0.25, 0.3) is 0 Å². The summed E-state index contributed by atoms with van der Waals surface area (Å²) in [5, 5.41) is 26.2. The van der Waals surface area contributed by atoms with Crippen molar-refractivity contribution in [2.75, 3.05) is 0 Å². The lowest BCUT2D eigenvalue weighted by Crippen LogP contribution is -2.58. The normalized spacial score (nSPS) is 13.8. The zero-order valence-electron chi connectivity index (χ0n) is 21.9. The van der Waals surface area contributed by atoms with E-state index in [1.54, 1.807) is 24.3 Å². The minimum absolute atomic E-state index is 0.0948. The van der Waals surface area contributed by atoms with E-state index in [1.807, 2.05) is 6.07 Å². The number of nitrogens with zero attached hydrogens (tertiary/aromatic N) is 2. The number of aromatic nitrogens is 4. The van der Waals surface area contributed by atoms with Crippen LogP contribution in [0.15, 0.2) is 55.4 Å². The molecule has 15 nitrogen and oxygen atoms in total. The first-order chi connectivity index (χ1) is 19.6. The number of carbonyl (C=O) groups excluding carboxylic acids is 3. The Morgan fingerprint density at radius 2 is 1.29 bits per heavy atom. The van der Waals surface area contributed by atoms with Crippen LogP contribution in [0, 0.1) is 0 Å². The molecular weight excluding hydrogens is 536 g/mol. The van der Waals surface area contributed by atoms with E-state index in [0.717, 1.165) is 5.56 Å². The maximum Gasteiger partial charge on any atom is 0.326 e. The van der Waals surface area contributed by atoms with Gasteiger partial charge in [-0.25, -0.2) is 14.8 Å². The summed E-state index contributed by atoms with van der Waals surface area (Å²) in [6.07, 6.45) is 4.85. The Bertz CT molecular complexity index is 1300. The van der Waals surface area contributed by atoms with Gasteiger partial charge in [-0.2, -0.15) is 0 Å². The summed E-state index contributed by atoms with van der Waals surface area (Å²) in [5.74, 6) is -4.84. The van der Waals surface area contributed by atoms with Crippen LogP contribution in [0.5, 0.6) is 0 Å². The quantitative estimate of drug-likeness (QED) is 0.103. The number of hydrogen-bond acceptors (Lipinski definition) is 8. The third-order valence-electron chi connectivity index (χ3n) is 6.12. The van der Waals surface area contributed by atoms with Crippen LogP contribution < -0.4 is 21.7 Å². The molecule has 0 aliphatic carbocycles. The van der Waals surface area contributed by atoms with Crippen LogP contribution in [0.4, 0.5) is 0 Å². The first-order valence-corrected chi connectivity index (χ1v) is 12.7. The highest BCUT2D eigenvalue weighted by Crippen LogP contribution is 2.07. The molecule has 2 heterocycles. The Balaban J connectivity index is 1.74. The lowest BCUT2D eigenvalue weighted by atomic mass is 10.0. The summed E-state index contributed by atoms with van der Waals surface area (Å²) in [6, 6.07) is 3.96. The molecule has 3 rings (SSSR count). The molecule has 41 heavy (non-hydrogen) atoms. The highest BCUT2D eigenvalue weighted by atomic mass is 16.4. The van der Waals surface area contributed by atoms with E-state index in [-0.39, 0.29) is 25.7 Å². The van der Waals surface area contributed by atoms with Gasteiger partial charge in [0.05, 0.1) is 18.7 Å². The van der Waals surface area contributed by atoms with Crippen molar-refractivity contribution in [2.24, 2.45) is 5.73 Å². The molecule has 3 aromatic rings. The van der Waals surface area contributed by atoms with Crippen molar-refractivity contribution in [3.8, 4) is 0 Å². The maximum atomic E-state index is 13.3. The molecule has 0 radical (unpaired) electrons. The maximum absolute atomic E-state index is 13.3. The highest BCUT2D eigenvalue weighted by Gasteiger charge is 2.31. The number of amides is 3. The predicted octanol–water partition coefficient (Wildman–Crippen LogP) is -1.11. The minimum atomic E-state index is -1.34. The number of aliphatic carboxylic acids is 2. The van der Waals surface area contributed by atoms with E-state index in [0.29, 0.717) is 11.4 Å². The molecule has 0 fully saturated rings. The summed E-state index contributed by atoms with van der Waals surface area (Å²) in [6.45, 7) is 0. The number of H-pyrrole nitrogens is 2. The molecule has 218 valence electrons. The molecule has 0 spiro atoms. The standard InChI is InChI=1S/C26H32N8O7/c27-18(8-15-4-2-1-3-5-15)23(37)32-19(6-7-22(35)36)24(38)33-20(9-16-11-28-13-30-16)25(39)34-21(26(40)41)10-17-12-29-14-31-17/h1-5,11-14,18-21H,6-10,27H2,(H,28,30)(H,29,31)(H,32,37)(H,33,38)(H,34,39)(H,35,36)(H,40,41). The molecular formula is C26H32N8O7. The van der Waals surface area contributed by atoms with E-state index in [9.17, 15) is 34.2 Å². The summed E-state index contributed by atoms with van der Waals surface area (Å²) in [4.78, 5) is 75.7. The Morgan fingerprint density at radius 1 is 0.756 bits per heavy atom. The fourth-order valence-corrected chi connectivity index (χ4v) is 3.96. The van der Waals surface area contributed by atoms with E-state index >= 15 is 0 Å². The van der Waals surface area contributed by atoms with E-state index < -0.39 is 60.2 Å². The van der Waals surface area contributed by atoms with Gasteiger partial charge in [-0.3, -0.25) is 19.2 Å². The molecule has 3 amide bonds. The smallest absolute Gasteiger partial charge is 0.326 e. The molecule has 0 aliphatic rings. The molecule has 4 atom stereocenters. The van der Waals surface area contributed by atoms with Gasteiger partial charge in [0.15, 0.2) is 0 Å². The second-order valence-electron chi connectivity index (χ2n) is 9.31. The molecule has 9 N–H and O–H groups in total. The highest BCUT2D eigenvalue weighted by molar-refractivity contribution is 5.94. The Hall–Kier alpha value is -5.05. The van der Waals surface area contributed by atoms with Gasteiger partial charge >= 0.3 is 11.9 Å². The molecule has 0 saturated heterocycles. The Kier molecular flexibility index (Phi) is 11.1. The molecule has 0 bridgehead atoms. The van der Waals surface area contributed by atoms with Gasteiger partial charge in [-0.15, -0.1) is 0 Å². The number of benzene rings is 1. The number of aromatic amines is 2. The second-order valence-corrected chi connectivity index (χ2v) is 9.31. The van der Waals surface area contributed by atoms with Gasteiger partial charge in [-0.05, 0) is 18.4 Å². The molecule has 2 aromatic heterocycles. The monoisotopic (exact) mass is 568 g/mol. The van der Waals surface area contributed by atoms with Crippen molar-refractivity contribution in [3.63, 3.8) is 0 Å². The van der Waals surface area contributed by atoms with Crippen LogP contribution >= 0.6 is 0 Å². The average Bonchev–Trinajstić information content (AvgIpc) is 3.65. The van der Waals surface area contributed by atoms with Gasteiger partial charge in [0, 0.05) is 43.0 Å². The van der Waals surface area contributed by atoms with E-state index in [1.165, 1.54) is 25.0 Å². The number of nitrogens with one attached hydrogen (secondary N) is 5. The Morgan fingerprint density at radius 3 is 1.83 bits per heavy atom. The molecule has 0 saturated carbocycles. The molecule has 4 unspecified atom stereocenters. The fraction of sp³-hybridized carbons (Fsp3) is 0.346. The third kappa shape index (κ3) is 9.89. The van der Waals surface area contributed by atoms with Crippen molar-refractivity contribution in [1.82, 2.24) is 35.9 Å². The van der Waals surface area contributed by atoms with Crippen LogP contribution in [0.3, 0.4) is 0 Å². The molecule has 1 aromatic carbocycles. The average molecular weight is 569 g/mol. The summed E-state index contributed by atoms with van der Waals surface area (Å²) in [5.41, 5.74) is 7.75. The lowest BCUT2D eigenvalue weighted by molar-refractivity contribution is -0.142. The molecule has 0 aliphatic heterocycles. The van der Waals surface area contributed by atoms with E-state index in [4.69, 9.17) is 5.73 Å². The largest absolute Gasteiger partial charge is 0.481 e. The van der Waals surface area contributed by atoms with Crippen LogP contribution in [-0.2, 0) is 43.2 Å². The minimum Gasteiger partial charge on any atom is -0.481 e. The number of imidazole rings is 2. The van der Waals surface area contributed by atoms with Crippen molar-refractivity contribution < 1.29 is 34.2 Å². The first-order valence-electron chi connectivity index (χ1n) is 12.7. The van der Waals surface area contributed by atoms with Crippen molar-refractivity contribution in [3.05, 3.63) is 72.3 Å². The zero-order chi connectivity index (χ0) is 29.8. The number of nitrogens with two attached hydrogens (primary N) is 1. The van der Waals surface area contributed by atoms with Crippen LogP contribution in [0.2, 0.25) is 0 Å². The fourth-order valence-electron chi connectivity index (χ4n) is 3.96. The predicted molar refractivity (Wildman–Crippen MR) is 143 cm³/mol. The van der Waals surface area contributed by atoms with Gasteiger partial charge < -0.3 is 41.9 Å². The summed E-state index contributed by atoms with van der Waals surface area (Å²) in [7, 11) is 0. The number of hydrogen-bond donors (Lipinski definition) is 8. The van der Waals surface area contributed by atoms with Crippen molar-refractivity contribution in [2.45, 2.75) is 56.3 Å². The first kappa shape index (κ1) is 30.5. The van der Waals surface area contributed by atoms with E-state index in [2.05, 4.69) is 35.9 Å². The van der Waals surface area contributed by atoms with Crippen LogP contribution in [-0.4, -0.2) is 84.0 Å². The number of carboxylic acid groups (broad SMARTS) is 2. The Labute approximate surface area is 234 Å². The van der Waals surface area contributed by atoms with Gasteiger partial charge in [0.25, 0.3) is 0 Å². The van der Waals surface area contributed by atoms with Gasteiger partial charge in [-0.1, -0.05) is 30.3 Å². The topological polar surface area (TPSA) is 245 Å². The SMILES string of the molecule is NC(Cc1ccccc1)C(=O)NC(CCC(=O)O)C(=O)NC(Cc1cnc[nH]1)C(=O)NC(Cc1cnc[nH]1)C(=O)O. The lowest BCUT2D eigenvalue weighted by Gasteiger charge is -2.25. The number of carbonyl (C=O) groups is 5. The van der Waals surface area contributed by atoms with Crippen molar-refractivity contribution >= 4 is 29.7 Å². The molecule has 15 heteroatoms. The summed E-state index contributed by atoms with van der Waals surface area (Å²) >= 11 is 0. The summed E-state index contributed by atoms with van der Waals surface area (Å²) < 4.78 is 0. The zero-order valence-corrected chi connectivity index (χ0v) is 21.9. The number of rotatable bonds is 16. The van der Waals surface area contributed by atoms with Gasteiger partial charge in [0.1, 0.15) is 18.1 Å². The van der Waals surface area contributed by atoms with Crippen LogP contribution in [0.1, 0.15) is 29.8 Å². The number of carboxylic acids is 2. The van der Waals surface area contributed by atoms with Gasteiger partial charge in [0.2, 0.25) is 17.7 Å².